The molecule has 1 N–H and O–H groups in total. The van der Waals surface area contributed by atoms with Crippen LogP contribution in [0.3, 0.4) is 0 Å². The van der Waals surface area contributed by atoms with Gasteiger partial charge in [-0.15, -0.1) is 11.3 Å². The molecule has 4 rings (SSSR count). The molecule has 0 bridgehead atoms. The lowest BCUT2D eigenvalue weighted by atomic mass is 10.1. The zero-order chi connectivity index (χ0) is 16.5. The molecule has 4 nitrogen and oxygen atoms in total. The van der Waals surface area contributed by atoms with Crippen molar-refractivity contribution in [3.63, 3.8) is 0 Å². The van der Waals surface area contributed by atoms with Crippen LogP contribution in [0.1, 0.15) is 23.6 Å². The first-order valence-electron chi connectivity index (χ1n) is 7.73. The lowest BCUT2D eigenvalue weighted by Gasteiger charge is -2.04. The highest BCUT2D eigenvalue weighted by Crippen LogP contribution is 2.49. The zero-order valence-electron chi connectivity index (χ0n) is 12.7. The van der Waals surface area contributed by atoms with Gasteiger partial charge in [-0.1, -0.05) is 35.9 Å². The van der Waals surface area contributed by atoms with Gasteiger partial charge in [-0.25, -0.2) is 4.98 Å². The van der Waals surface area contributed by atoms with E-state index in [1.165, 1.54) is 0 Å². The fourth-order valence-electron chi connectivity index (χ4n) is 2.81. The van der Waals surface area contributed by atoms with Crippen molar-refractivity contribution >= 4 is 28.8 Å². The summed E-state index contributed by atoms with van der Waals surface area (Å²) in [5, 5.41) is 5.64. The quantitative estimate of drug-likeness (QED) is 0.731. The lowest BCUT2D eigenvalue weighted by molar-refractivity contribution is -0.122. The summed E-state index contributed by atoms with van der Waals surface area (Å²) in [4.78, 5) is 17.7. The van der Waals surface area contributed by atoms with Gasteiger partial charge >= 0.3 is 0 Å². The predicted molar refractivity (Wildman–Crippen MR) is 94.0 cm³/mol. The number of benzene rings is 1. The van der Waals surface area contributed by atoms with E-state index in [0.717, 1.165) is 27.6 Å². The molecule has 0 saturated heterocycles. The van der Waals surface area contributed by atoms with E-state index in [2.05, 4.69) is 10.3 Å². The number of oxazole rings is 1. The van der Waals surface area contributed by atoms with Crippen LogP contribution in [0, 0.1) is 5.92 Å². The van der Waals surface area contributed by atoms with Crippen molar-refractivity contribution in [3.05, 3.63) is 64.3 Å². The molecule has 122 valence electrons. The van der Waals surface area contributed by atoms with Crippen LogP contribution in [0.25, 0.3) is 10.8 Å². The maximum absolute atomic E-state index is 12.3. The average Bonchev–Trinajstić information content (AvgIpc) is 3.00. The second-order valence-electron chi connectivity index (χ2n) is 5.81. The second-order valence-corrected chi connectivity index (χ2v) is 7.16. The molecule has 0 unspecified atom stereocenters. The number of carbonyl (C=O) groups is 1. The van der Waals surface area contributed by atoms with Crippen LogP contribution in [-0.4, -0.2) is 10.9 Å². The molecule has 24 heavy (non-hydrogen) atoms. The molecule has 0 aliphatic heterocycles. The first kappa shape index (κ1) is 15.4. The minimum atomic E-state index is -0.00596. The highest BCUT2D eigenvalue weighted by molar-refractivity contribution is 7.13. The molecule has 2 heterocycles. The van der Waals surface area contributed by atoms with Crippen LogP contribution >= 0.6 is 22.9 Å². The van der Waals surface area contributed by atoms with E-state index in [4.69, 9.17) is 16.0 Å². The zero-order valence-corrected chi connectivity index (χ0v) is 14.3. The van der Waals surface area contributed by atoms with Crippen LogP contribution in [0.2, 0.25) is 5.02 Å². The summed E-state index contributed by atoms with van der Waals surface area (Å²) < 4.78 is 5.45. The Kier molecular flexibility index (Phi) is 4.12. The molecule has 2 aromatic heterocycles. The summed E-state index contributed by atoms with van der Waals surface area (Å²) in [6.45, 7) is 0.374. The van der Waals surface area contributed by atoms with Gasteiger partial charge in [0.1, 0.15) is 6.26 Å². The number of nitrogens with zero attached hydrogens (tertiary/aromatic N) is 1. The molecule has 1 amide bonds. The number of nitrogens with one attached hydrogen (secondary N) is 1. The van der Waals surface area contributed by atoms with Gasteiger partial charge in [0.05, 0.1) is 17.1 Å². The Morgan fingerprint density at radius 1 is 1.33 bits per heavy atom. The maximum Gasteiger partial charge on any atom is 0.236 e. The molecule has 6 heteroatoms. The number of thiophene rings is 1. The Bertz CT molecular complexity index is 860. The normalized spacial score (nSPS) is 19.2. The fraction of sp³-hybridized carbons (Fsp3) is 0.222. The Balaban J connectivity index is 1.34. The molecule has 3 aromatic rings. The van der Waals surface area contributed by atoms with E-state index in [9.17, 15) is 4.79 Å². The van der Waals surface area contributed by atoms with Crippen LogP contribution in [0.4, 0.5) is 0 Å². The van der Waals surface area contributed by atoms with E-state index < -0.39 is 0 Å². The highest BCUT2D eigenvalue weighted by Gasteiger charge is 2.44. The third-order valence-electron chi connectivity index (χ3n) is 4.16. The largest absolute Gasteiger partial charge is 0.443 e. The standard InChI is InChI=1S/C18H15ClN2O2S/c19-15-5-2-1-4-12(15)13-8-14(13)17(22)20-9-11-10-23-18(21-11)16-6-3-7-24-16/h1-7,10,13-14H,8-9H2,(H,20,22)/t13-,14-/m0/s1. The SMILES string of the molecule is O=C(NCc1coc(-c2cccs2)n1)[C@H]1C[C@H]1c1ccccc1Cl. The van der Waals surface area contributed by atoms with Gasteiger partial charge < -0.3 is 9.73 Å². The Morgan fingerprint density at radius 3 is 3.00 bits per heavy atom. The van der Waals surface area contributed by atoms with Gasteiger partial charge in [0.25, 0.3) is 0 Å². The van der Waals surface area contributed by atoms with Crippen molar-refractivity contribution in [2.45, 2.75) is 18.9 Å². The minimum absolute atomic E-state index is 0.00596. The molecule has 0 spiro atoms. The second kappa shape index (κ2) is 6.42. The molecule has 2 atom stereocenters. The molecular weight excluding hydrogens is 344 g/mol. The first-order valence-corrected chi connectivity index (χ1v) is 8.98. The van der Waals surface area contributed by atoms with Gasteiger partial charge in [0.15, 0.2) is 0 Å². The number of aromatic nitrogens is 1. The third kappa shape index (κ3) is 3.09. The van der Waals surface area contributed by atoms with Gasteiger partial charge in [-0.2, -0.15) is 0 Å². The van der Waals surface area contributed by atoms with Gasteiger partial charge in [-0.05, 0) is 35.4 Å². The van der Waals surface area contributed by atoms with Crippen molar-refractivity contribution < 1.29 is 9.21 Å². The highest BCUT2D eigenvalue weighted by atomic mass is 35.5. The Hall–Kier alpha value is -2.11. The van der Waals surface area contributed by atoms with E-state index >= 15 is 0 Å². The number of amides is 1. The first-order chi connectivity index (χ1) is 11.7. The van der Waals surface area contributed by atoms with Gasteiger partial charge in [-0.3, -0.25) is 4.79 Å². The smallest absolute Gasteiger partial charge is 0.236 e. The van der Waals surface area contributed by atoms with E-state index in [1.54, 1.807) is 17.6 Å². The third-order valence-corrected chi connectivity index (χ3v) is 5.36. The number of carbonyl (C=O) groups excluding carboxylic acids is 1. The Labute approximate surface area is 148 Å². The molecule has 1 aliphatic rings. The van der Waals surface area contributed by atoms with Gasteiger partial charge in [0.2, 0.25) is 11.8 Å². The molecular formula is C18H15ClN2O2S. The number of hydrogen-bond donors (Lipinski definition) is 1. The summed E-state index contributed by atoms with van der Waals surface area (Å²) in [5.41, 5.74) is 1.78. The van der Waals surface area contributed by atoms with E-state index in [1.807, 2.05) is 41.8 Å². The number of halogens is 1. The van der Waals surface area contributed by atoms with Crippen molar-refractivity contribution in [1.29, 1.82) is 0 Å². The lowest BCUT2D eigenvalue weighted by Crippen LogP contribution is -2.25. The van der Waals surface area contributed by atoms with Crippen LogP contribution < -0.4 is 5.32 Å². The fourth-order valence-corrected chi connectivity index (χ4v) is 3.75. The summed E-state index contributed by atoms with van der Waals surface area (Å²) >= 11 is 7.77. The monoisotopic (exact) mass is 358 g/mol. The summed E-state index contributed by atoms with van der Waals surface area (Å²) in [6, 6.07) is 11.6. The predicted octanol–water partition coefficient (Wildman–Crippen LogP) is 4.48. The van der Waals surface area contributed by atoms with Crippen molar-refractivity contribution in [2.75, 3.05) is 0 Å². The van der Waals surface area contributed by atoms with Gasteiger partial charge in [0, 0.05) is 10.9 Å². The number of rotatable bonds is 5. The van der Waals surface area contributed by atoms with Crippen LogP contribution in [0.5, 0.6) is 0 Å². The summed E-state index contributed by atoms with van der Waals surface area (Å²) in [7, 11) is 0. The topological polar surface area (TPSA) is 55.1 Å². The van der Waals surface area contributed by atoms with Crippen molar-refractivity contribution in [1.82, 2.24) is 10.3 Å². The van der Waals surface area contributed by atoms with Crippen molar-refractivity contribution in [3.8, 4) is 10.8 Å². The van der Waals surface area contributed by atoms with E-state index in [0.29, 0.717) is 12.4 Å². The minimum Gasteiger partial charge on any atom is -0.443 e. The average molecular weight is 359 g/mol. The molecule has 1 saturated carbocycles. The molecule has 1 aromatic carbocycles. The van der Waals surface area contributed by atoms with Crippen molar-refractivity contribution in [2.24, 2.45) is 5.92 Å². The van der Waals surface area contributed by atoms with Crippen LogP contribution in [0.15, 0.2) is 52.5 Å². The summed E-state index contributed by atoms with van der Waals surface area (Å²) in [6.07, 6.45) is 2.43. The molecule has 1 fully saturated rings. The number of hydrogen-bond acceptors (Lipinski definition) is 4. The molecule has 1 aliphatic carbocycles. The molecule has 0 radical (unpaired) electrons. The Morgan fingerprint density at radius 2 is 2.21 bits per heavy atom. The summed E-state index contributed by atoms with van der Waals surface area (Å²) in [5.74, 6) is 0.849. The van der Waals surface area contributed by atoms with Crippen LogP contribution in [-0.2, 0) is 11.3 Å². The maximum atomic E-state index is 12.3. The van der Waals surface area contributed by atoms with E-state index in [-0.39, 0.29) is 17.7 Å².